The lowest BCUT2D eigenvalue weighted by Gasteiger charge is -2.37. The van der Waals surface area contributed by atoms with Gasteiger partial charge >= 0.3 is 0 Å². The Morgan fingerprint density at radius 2 is 1.36 bits per heavy atom. The van der Waals surface area contributed by atoms with E-state index in [-0.39, 0.29) is 6.04 Å². The van der Waals surface area contributed by atoms with E-state index in [1.807, 2.05) is 0 Å². The second kappa shape index (κ2) is 13.6. The highest BCUT2D eigenvalue weighted by molar-refractivity contribution is 5.93. The minimum absolute atomic E-state index is 0.218. The van der Waals surface area contributed by atoms with Crippen molar-refractivity contribution in [2.75, 3.05) is 4.90 Å². The van der Waals surface area contributed by atoms with Crippen LogP contribution in [0.1, 0.15) is 59.8 Å². The maximum atomic E-state index is 2.61. The molecule has 4 unspecified atom stereocenters. The van der Waals surface area contributed by atoms with E-state index in [1.165, 1.54) is 71.9 Å². The monoisotopic (exact) mass is 681 g/mol. The average molecular weight is 682 g/mol. The first kappa shape index (κ1) is 31.8. The molecule has 0 spiro atoms. The molecule has 1 heteroatoms. The number of nitrogens with zero attached hydrogens (tertiary/aromatic N) is 1. The molecule has 5 aliphatic carbocycles. The summed E-state index contributed by atoms with van der Waals surface area (Å²) >= 11 is 0. The third-order valence-electron chi connectivity index (χ3n) is 11.9. The molecular weight excluding hydrogens is 639 g/mol. The number of anilines is 1. The fourth-order valence-corrected chi connectivity index (χ4v) is 9.22. The van der Waals surface area contributed by atoms with E-state index in [9.17, 15) is 0 Å². The van der Waals surface area contributed by atoms with Crippen LogP contribution in [0.5, 0.6) is 0 Å². The van der Waals surface area contributed by atoms with Crippen molar-refractivity contribution in [2.24, 2.45) is 5.92 Å². The summed E-state index contributed by atoms with van der Waals surface area (Å²) in [6.07, 6.45) is 37.4. The Hall–Kier alpha value is -5.92. The highest BCUT2D eigenvalue weighted by atomic mass is 15.2. The van der Waals surface area contributed by atoms with Crippen molar-refractivity contribution < 1.29 is 0 Å². The van der Waals surface area contributed by atoms with Crippen LogP contribution >= 0.6 is 0 Å². The maximum Gasteiger partial charge on any atom is 0.0557 e. The van der Waals surface area contributed by atoms with Gasteiger partial charge in [-0.2, -0.15) is 0 Å². The van der Waals surface area contributed by atoms with Gasteiger partial charge in [-0.05, 0) is 104 Å². The summed E-state index contributed by atoms with van der Waals surface area (Å²) in [5.74, 6) is 1.06. The van der Waals surface area contributed by atoms with Gasteiger partial charge in [0.2, 0.25) is 0 Å². The van der Waals surface area contributed by atoms with Gasteiger partial charge in [-0.3, -0.25) is 0 Å². The summed E-state index contributed by atoms with van der Waals surface area (Å²) in [4.78, 5) is 2.61. The molecule has 10 rings (SSSR count). The van der Waals surface area contributed by atoms with Gasteiger partial charge in [0.1, 0.15) is 0 Å². The van der Waals surface area contributed by atoms with Gasteiger partial charge in [0.15, 0.2) is 0 Å². The number of hydrogen-bond acceptors (Lipinski definition) is 1. The Morgan fingerprint density at radius 1 is 0.566 bits per heavy atom. The molecule has 0 amide bonds. The van der Waals surface area contributed by atoms with Crippen LogP contribution in [0.3, 0.4) is 0 Å². The maximum absolute atomic E-state index is 2.61. The SMILES string of the molecule is C1=CC(c2cccc3ccccc23)CC(N(c2ccc(C3=CCCC=C3)cc2)C2C=CC(C3=CC4c5ccc6ccccc6c5C=CC4C=C3)=CC2)=C1. The molecule has 5 aromatic rings. The molecule has 53 heavy (non-hydrogen) atoms. The average Bonchev–Trinajstić information content (AvgIpc) is 3.24. The predicted octanol–water partition coefficient (Wildman–Crippen LogP) is 13.3. The predicted molar refractivity (Wildman–Crippen MR) is 226 cm³/mol. The van der Waals surface area contributed by atoms with Crippen molar-refractivity contribution >= 4 is 38.9 Å². The molecule has 0 fully saturated rings. The molecule has 0 bridgehead atoms. The molecular formula is C52H43N. The Morgan fingerprint density at radius 3 is 2.19 bits per heavy atom. The minimum atomic E-state index is 0.218. The van der Waals surface area contributed by atoms with Gasteiger partial charge in [-0.1, -0.05) is 170 Å². The zero-order valence-corrected chi connectivity index (χ0v) is 30.0. The van der Waals surface area contributed by atoms with Crippen LogP contribution in [0.25, 0.3) is 33.2 Å². The van der Waals surface area contributed by atoms with Crippen LogP contribution in [-0.4, -0.2) is 6.04 Å². The second-order valence-corrected chi connectivity index (χ2v) is 15.0. The van der Waals surface area contributed by atoms with Gasteiger partial charge < -0.3 is 4.90 Å². The summed E-state index contributed by atoms with van der Waals surface area (Å²) in [5, 5.41) is 5.31. The van der Waals surface area contributed by atoms with Crippen molar-refractivity contribution in [3.05, 3.63) is 221 Å². The fourth-order valence-electron chi connectivity index (χ4n) is 9.22. The Kier molecular flexibility index (Phi) is 8.14. The van der Waals surface area contributed by atoms with E-state index in [1.54, 1.807) is 0 Å². The first-order chi connectivity index (χ1) is 26.3. The van der Waals surface area contributed by atoms with Crippen LogP contribution in [0, 0.1) is 5.92 Å². The Balaban J connectivity index is 0.959. The summed E-state index contributed by atoms with van der Waals surface area (Å²) < 4.78 is 0. The molecule has 0 aliphatic heterocycles. The standard InChI is InChI=1S/C52H43N/c1-2-10-36(11-3-1)37-22-28-44(29-23-37)53(46-16-8-15-43(34-46)49-19-9-14-39-12-4-6-17-47(39)49)45-30-24-38(25-31-45)42-21-20-41-27-32-50-48-18-7-5-13-40(48)26-33-51(50)52(41)35-42/h2,4-30,32-33,35,41,43,45,52H,1,3,31,34H2. The number of allylic oxidation sites excluding steroid dienone is 15. The first-order valence-electron chi connectivity index (χ1n) is 19.4. The number of benzene rings is 5. The van der Waals surface area contributed by atoms with Gasteiger partial charge in [-0.25, -0.2) is 0 Å². The van der Waals surface area contributed by atoms with Crippen molar-refractivity contribution in [3.63, 3.8) is 0 Å². The summed E-state index contributed by atoms with van der Waals surface area (Å²) in [5.41, 5.74) is 12.1. The van der Waals surface area contributed by atoms with Gasteiger partial charge in [0, 0.05) is 29.1 Å². The summed E-state index contributed by atoms with van der Waals surface area (Å²) in [6.45, 7) is 0. The van der Waals surface area contributed by atoms with Gasteiger partial charge in [-0.15, -0.1) is 0 Å². The molecule has 4 atom stereocenters. The van der Waals surface area contributed by atoms with Gasteiger partial charge in [0.05, 0.1) is 6.04 Å². The lowest BCUT2D eigenvalue weighted by Crippen LogP contribution is -2.35. The third-order valence-corrected chi connectivity index (χ3v) is 11.9. The van der Waals surface area contributed by atoms with E-state index in [4.69, 9.17) is 0 Å². The van der Waals surface area contributed by atoms with Gasteiger partial charge in [0.25, 0.3) is 0 Å². The van der Waals surface area contributed by atoms with E-state index >= 15 is 0 Å². The van der Waals surface area contributed by atoms with Crippen molar-refractivity contribution in [1.29, 1.82) is 0 Å². The first-order valence-corrected chi connectivity index (χ1v) is 19.4. The molecule has 256 valence electrons. The molecule has 0 N–H and O–H groups in total. The fraction of sp³-hybridized carbons (Fsp3) is 0.154. The Labute approximate surface area is 313 Å². The number of fused-ring (bicyclic) bond motifs is 6. The van der Waals surface area contributed by atoms with E-state index in [0.29, 0.717) is 17.8 Å². The normalized spacial score (nSPS) is 22.9. The molecule has 0 saturated carbocycles. The molecule has 5 aliphatic rings. The second-order valence-electron chi connectivity index (χ2n) is 15.0. The highest BCUT2D eigenvalue weighted by Crippen LogP contribution is 2.44. The van der Waals surface area contributed by atoms with Crippen molar-refractivity contribution in [3.8, 4) is 0 Å². The lowest BCUT2D eigenvalue weighted by atomic mass is 9.74. The molecule has 0 heterocycles. The zero-order valence-electron chi connectivity index (χ0n) is 30.0. The molecule has 0 aromatic heterocycles. The van der Waals surface area contributed by atoms with Crippen LogP contribution in [0.2, 0.25) is 0 Å². The molecule has 0 radical (unpaired) electrons. The molecule has 1 nitrogen and oxygen atoms in total. The Bertz CT molecular complexity index is 2520. The molecule has 5 aromatic carbocycles. The van der Waals surface area contributed by atoms with Crippen LogP contribution in [0.4, 0.5) is 5.69 Å². The third kappa shape index (κ3) is 5.91. The van der Waals surface area contributed by atoms with Crippen molar-refractivity contribution in [1.82, 2.24) is 0 Å². The largest absolute Gasteiger partial charge is 0.338 e. The topological polar surface area (TPSA) is 3.24 Å². The summed E-state index contributed by atoms with van der Waals surface area (Å²) in [7, 11) is 0. The van der Waals surface area contributed by atoms with E-state index in [2.05, 4.69) is 193 Å². The lowest BCUT2D eigenvalue weighted by molar-refractivity contribution is 0.684. The number of rotatable bonds is 6. The van der Waals surface area contributed by atoms with E-state index in [0.717, 1.165) is 25.7 Å². The molecule has 0 saturated heterocycles. The van der Waals surface area contributed by atoms with E-state index < -0.39 is 0 Å². The van der Waals surface area contributed by atoms with Crippen molar-refractivity contribution in [2.45, 2.75) is 43.6 Å². The van der Waals surface area contributed by atoms with Crippen LogP contribution < -0.4 is 4.90 Å². The quantitative estimate of drug-likeness (QED) is 0.172. The van der Waals surface area contributed by atoms with Crippen LogP contribution in [0.15, 0.2) is 199 Å². The minimum Gasteiger partial charge on any atom is -0.338 e. The number of hydrogen-bond donors (Lipinski definition) is 0. The van der Waals surface area contributed by atoms with Crippen LogP contribution in [-0.2, 0) is 0 Å². The zero-order chi connectivity index (χ0) is 35.1. The summed E-state index contributed by atoms with van der Waals surface area (Å²) in [6, 6.07) is 38.5. The highest BCUT2D eigenvalue weighted by Gasteiger charge is 2.29. The smallest absolute Gasteiger partial charge is 0.0557 e.